The summed E-state index contributed by atoms with van der Waals surface area (Å²) in [4.78, 5) is 40.2. The number of benzene rings is 1. The zero-order valence-corrected chi connectivity index (χ0v) is 24.9. The Morgan fingerprint density at radius 2 is 1.91 bits per heavy atom. The maximum Gasteiger partial charge on any atom is 0.414 e. The van der Waals surface area contributed by atoms with Gasteiger partial charge in [0.05, 0.1) is 23.3 Å². The quantitative estimate of drug-likeness (QED) is 0.161. The molecular formula is C26H30F2N6O11S. The van der Waals surface area contributed by atoms with Gasteiger partial charge in [-0.2, -0.15) is 13.8 Å². The molecule has 1 aliphatic heterocycles. The van der Waals surface area contributed by atoms with E-state index in [1.54, 1.807) is 13.0 Å². The van der Waals surface area contributed by atoms with E-state index in [1.807, 2.05) is 0 Å². The van der Waals surface area contributed by atoms with Crippen molar-refractivity contribution in [1.82, 2.24) is 20.0 Å². The molecule has 1 aliphatic rings. The lowest BCUT2D eigenvalue weighted by Crippen LogP contribution is -2.41. The first-order valence-corrected chi connectivity index (χ1v) is 15.3. The van der Waals surface area contributed by atoms with Crippen molar-refractivity contribution < 1.29 is 56.0 Å². The van der Waals surface area contributed by atoms with Gasteiger partial charge in [0.2, 0.25) is 18.0 Å². The molecule has 1 saturated heterocycles. The molecular weight excluding hydrogens is 642 g/mol. The number of hydrogen-bond acceptors (Lipinski definition) is 13. The SMILES string of the molecule is CCC(CCOc1no[n+]([O-])c1S(=O)(=O)c1ccccc1)NC(=O)CCC(=O)Nc1ccn([C@@H]2O[C@H](CO)[C@@H](O)C2(F)F)c(=O)n1. The summed E-state index contributed by atoms with van der Waals surface area (Å²) in [5.74, 6) is -5.96. The van der Waals surface area contributed by atoms with Crippen molar-refractivity contribution in [3.8, 4) is 5.88 Å². The van der Waals surface area contributed by atoms with Crippen LogP contribution in [0.5, 0.6) is 5.88 Å². The molecule has 4 rings (SSSR count). The number of sulfone groups is 1. The Morgan fingerprint density at radius 1 is 1.22 bits per heavy atom. The van der Waals surface area contributed by atoms with E-state index in [4.69, 9.17) is 14.6 Å². The normalized spacial score (nSPS) is 19.8. The number of alkyl halides is 2. The van der Waals surface area contributed by atoms with Crippen LogP contribution in [0.15, 0.2) is 61.9 Å². The first-order chi connectivity index (χ1) is 21.8. The molecule has 4 atom stereocenters. The third kappa shape index (κ3) is 7.46. The van der Waals surface area contributed by atoms with Crippen LogP contribution in [0.2, 0.25) is 0 Å². The second-order valence-corrected chi connectivity index (χ2v) is 11.9. The van der Waals surface area contributed by atoms with Gasteiger partial charge < -0.3 is 35.5 Å². The van der Waals surface area contributed by atoms with Crippen molar-refractivity contribution >= 4 is 27.5 Å². The molecule has 20 heteroatoms. The average Bonchev–Trinajstić information content (AvgIpc) is 3.51. The van der Waals surface area contributed by atoms with E-state index in [9.17, 15) is 41.9 Å². The lowest BCUT2D eigenvalue weighted by atomic mass is 10.1. The minimum absolute atomic E-state index is 0.155. The maximum atomic E-state index is 14.3. The fourth-order valence-electron chi connectivity index (χ4n) is 4.43. The fraction of sp³-hybridized carbons (Fsp3) is 0.462. The van der Waals surface area contributed by atoms with Crippen LogP contribution in [0.25, 0.3) is 0 Å². The molecule has 2 aromatic heterocycles. The van der Waals surface area contributed by atoms with Gasteiger partial charge in [-0.25, -0.2) is 13.2 Å². The zero-order valence-electron chi connectivity index (χ0n) is 24.1. The van der Waals surface area contributed by atoms with E-state index in [1.165, 1.54) is 24.3 Å². The van der Waals surface area contributed by atoms with Crippen molar-refractivity contribution in [3.63, 3.8) is 0 Å². The number of nitrogens with one attached hydrogen (secondary N) is 2. The Kier molecular flexibility index (Phi) is 10.7. The van der Waals surface area contributed by atoms with Crippen molar-refractivity contribution in [2.45, 2.75) is 72.9 Å². The number of nitrogens with zero attached hydrogens (tertiary/aromatic N) is 4. The minimum Gasteiger partial charge on any atom is -0.454 e. The molecule has 3 aromatic rings. The van der Waals surface area contributed by atoms with Crippen LogP contribution in [0.1, 0.15) is 38.8 Å². The van der Waals surface area contributed by atoms with E-state index in [2.05, 4.69) is 25.4 Å². The molecule has 2 amide bonds. The number of rotatable bonds is 14. The van der Waals surface area contributed by atoms with Crippen molar-refractivity contribution in [2.24, 2.45) is 0 Å². The Morgan fingerprint density at radius 3 is 2.54 bits per heavy atom. The summed E-state index contributed by atoms with van der Waals surface area (Å²) >= 11 is 0. The molecule has 46 heavy (non-hydrogen) atoms. The number of aliphatic hydroxyl groups is 2. The highest BCUT2D eigenvalue weighted by Gasteiger charge is 2.59. The number of anilines is 1. The number of aliphatic hydroxyl groups excluding tert-OH is 2. The van der Waals surface area contributed by atoms with Crippen LogP contribution in [0.3, 0.4) is 0 Å². The first-order valence-electron chi connectivity index (χ1n) is 13.8. The Hall–Kier alpha value is -4.53. The van der Waals surface area contributed by atoms with Gasteiger partial charge in [-0.1, -0.05) is 25.1 Å². The maximum absolute atomic E-state index is 14.3. The summed E-state index contributed by atoms with van der Waals surface area (Å²) in [5.41, 5.74) is -1.22. The van der Waals surface area contributed by atoms with Crippen LogP contribution in [-0.4, -0.2) is 82.5 Å². The molecule has 3 heterocycles. The van der Waals surface area contributed by atoms with E-state index in [0.717, 1.165) is 12.3 Å². The highest BCUT2D eigenvalue weighted by molar-refractivity contribution is 7.91. The van der Waals surface area contributed by atoms with Crippen LogP contribution < -0.4 is 26.0 Å². The fourth-order valence-corrected chi connectivity index (χ4v) is 5.72. The highest BCUT2D eigenvalue weighted by atomic mass is 32.2. The van der Waals surface area contributed by atoms with Gasteiger partial charge >= 0.3 is 22.5 Å². The third-order valence-electron chi connectivity index (χ3n) is 6.91. The first kappa shape index (κ1) is 34.3. The molecule has 0 aliphatic carbocycles. The average molecular weight is 673 g/mol. The lowest BCUT2D eigenvalue weighted by Gasteiger charge is -2.21. The van der Waals surface area contributed by atoms with Gasteiger partial charge in [0, 0.05) is 31.5 Å². The summed E-state index contributed by atoms with van der Waals surface area (Å²) in [5, 5.41) is 38.3. The van der Waals surface area contributed by atoms with Crippen molar-refractivity contribution in [1.29, 1.82) is 0 Å². The predicted octanol–water partition coefficient (Wildman–Crippen LogP) is -0.334. The minimum atomic E-state index is -4.30. The monoisotopic (exact) mass is 672 g/mol. The number of carbonyl (C=O) groups excluding carboxylic acids is 2. The standard InChI is InChI=1S/C26H30F2N6O11S/c1-2-15(11-13-43-22-23(34(40)45-32-22)46(41,42)16-6-4-3-5-7-16)29-19(36)8-9-20(37)30-18-10-12-33(25(39)31-18)24-26(27,28)21(38)17(14-35)44-24/h3-7,10,12,15,17,21,24,35,38H,2,8-9,11,13-14H2,1H3,(H,29,36)(H,30,31,37,39)/t15?,17-,21-,24-/m1/s1. The van der Waals surface area contributed by atoms with E-state index in [-0.39, 0.29) is 41.5 Å². The van der Waals surface area contributed by atoms with Crippen molar-refractivity contribution in [3.05, 3.63) is 58.3 Å². The topological polar surface area (TPSA) is 239 Å². The molecule has 0 saturated carbocycles. The van der Waals surface area contributed by atoms with Crippen LogP contribution in [0.4, 0.5) is 14.6 Å². The molecule has 1 unspecified atom stereocenters. The molecule has 4 N–H and O–H groups in total. The molecule has 17 nitrogen and oxygen atoms in total. The van der Waals surface area contributed by atoms with Gasteiger partial charge in [-0.3, -0.25) is 18.8 Å². The summed E-state index contributed by atoms with van der Waals surface area (Å²) in [6, 6.07) is 7.71. The molecule has 0 bridgehead atoms. The number of aromatic nitrogens is 4. The number of amides is 2. The number of halogens is 2. The summed E-state index contributed by atoms with van der Waals surface area (Å²) < 4.78 is 69.6. The van der Waals surface area contributed by atoms with E-state index < -0.39 is 75.3 Å². The Labute approximate surface area is 259 Å². The molecule has 1 fully saturated rings. The summed E-state index contributed by atoms with van der Waals surface area (Å²) in [6.45, 7) is 0.700. The lowest BCUT2D eigenvalue weighted by molar-refractivity contribution is -0.832. The summed E-state index contributed by atoms with van der Waals surface area (Å²) in [7, 11) is -4.30. The molecule has 250 valence electrons. The van der Waals surface area contributed by atoms with Crippen LogP contribution in [0, 0.1) is 5.21 Å². The Bertz CT molecular complexity index is 1700. The number of hydrogen-bond donors (Lipinski definition) is 4. The molecule has 0 radical (unpaired) electrons. The van der Waals surface area contributed by atoms with Gasteiger partial charge in [-0.05, 0) is 29.5 Å². The zero-order chi connectivity index (χ0) is 33.6. The number of carbonyl (C=O) groups is 2. The highest BCUT2D eigenvalue weighted by Crippen LogP contribution is 2.42. The largest absolute Gasteiger partial charge is 0.454 e. The van der Waals surface area contributed by atoms with Gasteiger partial charge in [0.25, 0.3) is 9.84 Å². The second-order valence-electron chi connectivity index (χ2n) is 10.0. The molecule has 0 spiro atoms. The van der Waals surface area contributed by atoms with Gasteiger partial charge in [0.15, 0.2) is 6.10 Å². The molecule has 1 aromatic carbocycles. The van der Waals surface area contributed by atoms with Gasteiger partial charge in [0.1, 0.15) is 11.9 Å². The van der Waals surface area contributed by atoms with Crippen LogP contribution >= 0.6 is 0 Å². The van der Waals surface area contributed by atoms with E-state index in [0.29, 0.717) is 11.0 Å². The third-order valence-corrected chi connectivity index (χ3v) is 8.63. The van der Waals surface area contributed by atoms with Gasteiger partial charge in [-0.15, -0.1) is 0 Å². The van der Waals surface area contributed by atoms with E-state index >= 15 is 0 Å². The number of ether oxygens (including phenoxy) is 2. The smallest absolute Gasteiger partial charge is 0.414 e. The Balaban J connectivity index is 1.25. The van der Waals surface area contributed by atoms with Crippen LogP contribution in [-0.2, 0) is 24.2 Å². The second kappa shape index (κ2) is 14.3. The van der Waals surface area contributed by atoms with Crippen molar-refractivity contribution in [2.75, 3.05) is 18.5 Å². The predicted molar refractivity (Wildman–Crippen MR) is 148 cm³/mol. The summed E-state index contributed by atoms with van der Waals surface area (Å²) in [6.07, 6.45) is -5.32.